The third kappa shape index (κ3) is 5.37. The maximum Gasteiger partial charge on any atom is 0.251 e. The van der Waals surface area contributed by atoms with Gasteiger partial charge in [0, 0.05) is 16.6 Å². The van der Waals surface area contributed by atoms with Crippen LogP contribution in [0, 0.1) is 5.82 Å². The summed E-state index contributed by atoms with van der Waals surface area (Å²) in [4.78, 5) is 23.2. The second-order valence-electron chi connectivity index (χ2n) is 5.48. The Kier molecular flexibility index (Phi) is 6.49. The van der Waals surface area contributed by atoms with E-state index in [2.05, 4.69) is 21.2 Å². The number of halogens is 2. The van der Waals surface area contributed by atoms with Crippen molar-refractivity contribution >= 4 is 43.3 Å². The molecule has 0 atom stereocenters. The minimum absolute atomic E-state index is 0.0426. The van der Waals surface area contributed by atoms with Gasteiger partial charge in [-0.15, -0.1) is 0 Å². The predicted molar refractivity (Wildman–Crippen MR) is 99.0 cm³/mol. The molecule has 138 valence electrons. The fraction of sp³-hybridized carbons (Fsp3) is 0.176. The van der Waals surface area contributed by atoms with Crippen molar-refractivity contribution in [3.05, 3.63) is 58.3 Å². The summed E-state index contributed by atoms with van der Waals surface area (Å²) in [7, 11) is -3.48. The number of hydrogen-bond acceptors (Lipinski definition) is 4. The lowest BCUT2D eigenvalue weighted by Crippen LogP contribution is -2.16. The summed E-state index contributed by atoms with van der Waals surface area (Å²) in [6.07, 6.45) is 0.0765. The highest BCUT2D eigenvalue weighted by molar-refractivity contribution is 9.10. The molecule has 0 fully saturated rings. The highest BCUT2D eigenvalue weighted by Gasteiger charge is 2.15. The zero-order valence-electron chi connectivity index (χ0n) is 13.5. The number of benzene rings is 2. The molecule has 0 aliphatic rings. The minimum atomic E-state index is -3.48. The molecule has 2 aromatic rings. The van der Waals surface area contributed by atoms with Gasteiger partial charge in [0.25, 0.3) is 5.91 Å². The van der Waals surface area contributed by atoms with Gasteiger partial charge < -0.3 is 11.1 Å². The fourth-order valence-electron chi connectivity index (χ4n) is 2.20. The van der Waals surface area contributed by atoms with E-state index >= 15 is 0 Å². The van der Waals surface area contributed by atoms with Gasteiger partial charge in [-0.1, -0.05) is 15.9 Å². The Bertz CT molecular complexity index is 930. The van der Waals surface area contributed by atoms with E-state index in [1.54, 1.807) is 12.1 Å². The van der Waals surface area contributed by atoms with Crippen LogP contribution in [0.4, 0.5) is 10.1 Å². The van der Waals surface area contributed by atoms with Gasteiger partial charge >= 0.3 is 0 Å². The molecule has 2 rings (SSSR count). The normalized spacial score (nSPS) is 11.2. The number of amides is 2. The van der Waals surface area contributed by atoms with E-state index < -0.39 is 27.5 Å². The summed E-state index contributed by atoms with van der Waals surface area (Å²) in [5, 5.41) is 2.48. The van der Waals surface area contributed by atoms with Crippen LogP contribution in [0.1, 0.15) is 23.2 Å². The van der Waals surface area contributed by atoms with Crippen LogP contribution >= 0.6 is 15.9 Å². The van der Waals surface area contributed by atoms with Crippen LogP contribution in [0.2, 0.25) is 0 Å². The maximum absolute atomic E-state index is 13.4. The van der Waals surface area contributed by atoms with Crippen LogP contribution in [0.15, 0.2) is 51.8 Å². The molecule has 6 nitrogen and oxygen atoms in total. The summed E-state index contributed by atoms with van der Waals surface area (Å²) in [5.41, 5.74) is 4.92. The average Bonchev–Trinajstić information content (AvgIpc) is 2.56. The van der Waals surface area contributed by atoms with Gasteiger partial charge in [0.1, 0.15) is 5.82 Å². The topological polar surface area (TPSA) is 106 Å². The molecule has 0 spiro atoms. The Morgan fingerprint density at radius 2 is 1.77 bits per heavy atom. The molecule has 0 bridgehead atoms. The van der Waals surface area contributed by atoms with Crippen molar-refractivity contribution in [3.8, 4) is 0 Å². The molecule has 0 aliphatic heterocycles. The molecule has 2 amide bonds. The molecule has 26 heavy (non-hydrogen) atoms. The number of primary amides is 1. The largest absolute Gasteiger partial charge is 0.366 e. The van der Waals surface area contributed by atoms with Crippen LogP contribution in [-0.4, -0.2) is 26.0 Å². The lowest BCUT2D eigenvalue weighted by Gasteiger charge is -2.08. The number of nitrogens with one attached hydrogen (secondary N) is 1. The van der Waals surface area contributed by atoms with E-state index in [9.17, 15) is 22.4 Å². The van der Waals surface area contributed by atoms with Crippen molar-refractivity contribution < 1.29 is 22.4 Å². The van der Waals surface area contributed by atoms with E-state index in [1.807, 2.05) is 0 Å². The Labute approximate surface area is 158 Å². The number of nitrogens with two attached hydrogens (primary N) is 1. The van der Waals surface area contributed by atoms with E-state index in [-0.39, 0.29) is 34.7 Å². The molecular formula is C17H16BrFN2O4S. The molecule has 0 saturated carbocycles. The number of anilines is 1. The molecule has 0 radical (unpaired) electrons. The lowest BCUT2D eigenvalue weighted by molar-refractivity contribution is -0.116. The first-order chi connectivity index (χ1) is 12.2. The average molecular weight is 443 g/mol. The van der Waals surface area contributed by atoms with E-state index in [1.165, 1.54) is 18.2 Å². The van der Waals surface area contributed by atoms with E-state index in [0.717, 1.165) is 16.6 Å². The van der Waals surface area contributed by atoms with Gasteiger partial charge in [-0.25, -0.2) is 12.8 Å². The number of carbonyl (C=O) groups is 2. The first-order valence-corrected chi connectivity index (χ1v) is 10.0. The van der Waals surface area contributed by atoms with Crippen LogP contribution in [-0.2, 0) is 14.6 Å². The Balaban J connectivity index is 1.92. The smallest absolute Gasteiger partial charge is 0.251 e. The fourth-order valence-corrected chi connectivity index (χ4v) is 3.77. The predicted octanol–water partition coefficient (Wildman–Crippen LogP) is 2.88. The van der Waals surface area contributed by atoms with Gasteiger partial charge in [-0.05, 0) is 48.9 Å². The molecule has 0 aliphatic carbocycles. The molecular weight excluding hydrogens is 427 g/mol. The monoisotopic (exact) mass is 442 g/mol. The lowest BCUT2D eigenvalue weighted by atomic mass is 10.1. The van der Waals surface area contributed by atoms with Crippen LogP contribution in [0.5, 0.6) is 0 Å². The van der Waals surface area contributed by atoms with Gasteiger partial charge in [-0.3, -0.25) is 9.59 Å². The van der Waals surface area contributed by atoms with Crippen molar-refractivity contribution in [3.63, 3.8) is 0 Å². The van der Waals surface area contributed by atoms with Gasteiger partial charge in [0.15, 0.2) is 9.84 Å². The Hall–Kier alpha value is -2.26. The highest BCUT2D eigenvalue weighted by atomic mass is 79.9. The third-order valence-electron chi connectivity index (χ3n) is 3.51. The van der Waals surface area contributed by atoms with Gasteiger partial charge in [-0.2, -0.15) is 0 Å². The third-order valence-corrected chi connectivity index (χ3v) is 5.85. The summed E-state index contributed by atoms with van der Waals surface area (Å²) in [6, 6.07) is 9.68. The minimum Gasteiger partial charge on any atom is -0.366 e. The molecule has 3 N–H and O–H groups in total. The molecule has 0 saturated heterocycles. The quantitative estimate of drug-likeness (QED) is 0.687. The van der Waals surface area contributed by atoms with E-state index in [4.69, 9.17) is 5.73 Å². The molecule has 2 aromatic carbocycles. The number of carbonyl (C=O) groups excluding carboxylic acids is 2. The first-order valence-electron chi connectivity index (χ1n) is 7.56. The maximum atomic E-state index is 13.4. The molecule has 0 unspecified atom stereocenters. The number of rotatable bonds is 7. The van der Waals surface area contributed by atoms with Gasteiger partial charge in [0.05, 0.1) is 16.2 Å². The standard InChI is InChI=1S/C17H16BrFN2O4S/c18-11-3-6-13(7-4-11)26(24,25)9-1-2-16(22)21-12-5-8-15(19)14(10-12)17(20)23/h3-8,10H,1-2,9H2,(H2,20,23)(H,21,22). The summed E-state index contributed by atoms with van der Waals surface area (Å²) < 4.78 is 38.6. The van der Waals surface area contributed by atoms with Crippen molar-refractivity contribution in [1.82, 2.24) is 0 Å². The zero-order valence-corrected chi connectivity index (χ0v) is 15.9. The SMILES string of the molecule is NC(=O)c1cc(NC(=O)CCCS(=O)(=O)c2ccc(Br)cc2)ccc1F. The molecule has 0 aromatic heterocycles. The Morgan fingerprint density at radius 1 is 1.12 bits per heavy atom. The van der Waals surface area contributed by atoms with Crippen molar-refractivity contribution in [2.24, 2.45) is 5.73 Å². The van der Waals surface area contributed by atoms with E-state index in [0.29, 0.717) is 0 Å². The van der Waals surface area contributed by atoms with Crippen molar-refractivity contribution in [1.29, 1.82) is 0 Å². The van der Waals surface area contributed by atoms with Crippen molar-refractivity contribution in [2.75, 3.05) is 11.1 Å². The summed E-state index contributed by atoms with van der Waals surface area (Å²) in [5.74, 6) is -2.36. The number of hydrogen-bond donors (Lipinski definition) is 2. The molecule has 9 heteroatoms. The second-order valence-corrected chi connectivity index (χ2v) is 8.51. The Morgan fingerprint density at radius 3 is 2.38 bits per heavy atom. The molecule has 0 heterocycles. The van der Waals surface area contributed by atoms with Gasteiger partial charge in [0.2, 0.25) is 5.91 Å². The number of sulfone groups is 1. The first kappa shape index (κ1) is 20.1. The van der Waals surface area contributed by atoms with Crippen LogP contribution in [0.25, 0.3) is 0 Å². The highest BCUT2D eigenvalue weighted by Crippen LogP contribution is 2.18. The van der Waals surface area contributed by atoms with Crippen molar-refractivity contribution in [2.45, 2.75) is 17.7 Å². The zero-order chi connectivity index (χ0) is 19.3. The second kappa shape index (κ2) is 8.41. The van der Waals surface area contributed by atoms with Crippen LogP contribution in [0.3, 0.4) is 0 Å². The van der Waals surface area contributed by atoms with Crippen LogP contribution < -0.4 is 11.1 Å². The summed E-state index contributed by atoms with van der Waals surface area (Å²) >= 11 is 3.23. The summed E-state index contributed by atoms with van der Waals surface area (Å²) in [6.45, 7) is 0.